The monoisotopic (exact) mass is 222 g/mol. The van der Waals surface area contributed by atoms with E-state index in [4.69, 9.17) is 0 Å². The van der Waals surface area contributed by atoms with Gasteiger partial charge in [-0.1, -0.05) is 36.5 Å². The van der Waals surface area contributed by atoms with E-state index in [1.807, 2.05) is 31.2 Å². The minimum absolute atomic E-state index is 0. The molecule has 0 aromatic rings. The van der Waals surface area contributed by atoms with Crippen molar-refractivity contribution < 1.29 is 26.8 Å². The van der Waals surface area contributed by atoms with Gasteiger partial charge in [0, 0.05) is 21.7 Å². The zero-order valence-electron chi connectivity index (χ0n) is 8.33. The molecule has 2 heteroatoms. The molecular formula is C12H14OTi. The maximum absolute atomic E-state index is 10.3. The van der Waals surface area contributed by atoms with Crippen molar-refractivity contribution in [3.05, 3.63) is 47.6 Å². The Bertz CT molecular complexity index is 300. The Balaban J connectivity index is 0.000000980. The van der Waals surface area contributed by atoms with Crippen LogP contribution in [-0.4, -0.2) is 10.7 Å². The van der Waals surface area contributed by atoms with Crippen LogP contribution in [0.2, 0.25) is 0 Å². The Kier molecular flexibility index (Phi) is 3.71. The minimum atomic E-state index is -0.743. The van der Waals surface area contributed by atoms with E-state index in [0.29, 0.717) is 0 Å². The average molecular weight is 222 g/mol. The van der Waals surface area contributed by atoms with Gasteiger partial charge in [-0.15, -0.1) is 0 Å². The van der Waals surface area contributed by atoms with Crippen molar-refractivity contribution >= 4 is 0 Å². The third-order valence-corrected chi connectivity index (χ3v) is 2.79. The number of allylic oxidation sites excluding steroid dienone is 6. The van der Waals surface area contributed by atoms with Crippen molar-refractivity contribution in [3.63, 3.8) is 0 Å². The summed E-state index contributed by atoms with van der Waals surface area (Å²) in [4.78, 5) is 0. The summed E-state index contributed by atoms with van der Waals surface area (Å²) in [5, 5.41) is 10.3. The average Bonchev–Trinajstić information content (AvgIpc) is 2.78. The van der Waals surface area contributed by atoms with Crippen LogP contribution in [0.15, 0.2) is 47.6 Å². The summed E-state index contributed by atoms with van der Waals surface area (Å²) in [7, 11) is 0. The summed E-state index contributed by atoms with van der Waals surface area (Å²) in [5.41, 5.74) is 1.46. The van der Waals surface area contributed by atoms with Crippen LogP contribution < -0.4 is 0 Å². The predicted octanol–water partition coefficient (Wildman–Crippen LogP) is 2.51. The second kappa shape index (κ2) is 4.44. The van der Waals surface area contributed by atoms with Crippen molar-refractivity contribution in [1.29, 1.82) is 0 Å². The van der Waals surface area contributed by atoms with E-state index in [9.17, 15) is 5.11 Å². The summed E-state index contributed by atoms with van der Waals surface area (Å²) in [5.74, 6) is 0. The smallest absolute Gasteiger partial charge is 0.105 e. The standard InChI is InChI=1S/C12H14O.Ti/c1-12(13,10-6-2-3-7-10)11-8-4-5-9-11;/h2-6,8,13H,7,9H2,1H3;. The van der Waals surface area contributed by atoms with Crippen LogP contribution in [0.25, 0.3) is 0 Å². The fourth-order valence-corrected chi connectivity index (χ4v) is 1.82. The predicted molar refractivity (Wildman–Crippen MR) is 54.3 cm³/mol. The van der Waals surface area contributed by atoms with Crippen LogP contribution in [0.3, 0.4) is 0 Å². The van der Waals surface area contributed by atoms with E-state index in [2.05, 4.69) is 12.2 Å². The molecule has 0 heterocycles. The van der Waals surface area contributed by atoms with Gasteiger partial charge in [-0.2, -0.15) is 0 Å². The number of rotatable bonds is 2. The molecule has 1 nitrogen and oxygen atoms in total. The van der Waals surface area contributed by atoms with E-state index >= 15 is 0 Å². The molecule has 0 spiro atoms. The van der Waals surface area contributed by atoms with Gasteiger partial charge in [0.1, 0.15) is 5.60 Å². The van der Waals surface area contributed by atoms with Crippen LogP contribution in [0, 0.1) is 0 Å². The summed E-state index contributed by atoms with van der Waals surface area (Å²) in [6.45, 7) is 1.88. The zero-order chi connectivity index (χ0) is 9.31. The molecule has 14 heavy (non-hydrogen) atoms. The first-order valence-corrected chi connectivity index (χ1v) is 4.66. The molecule has 2 rings (SSSR count). The summed E-state index contributed by atoms with van der Waals surface area (Å²) in [6, 6.07) is 0. The maximum atomic E-state index is 10.3. The molecule has 0 radical (unpaired) electrons. The molecule has 2 aliphatic rings. The number of aliphatic hydroxyl groups is 1. The Morgan fingerprint density at radius 3 is 1.79 bits per heavy atom. The van der Waals surface area contributed by atoms with Crippen LogP contribution in [0.4, 0.5) is 0 Å². The van der Waals surface area contributed by atoms with Crippen LogP contribution in [-0.2, 0) is 21.7 Å². The van der Waals surface area contributed by atoms with Crippen molar-refractivity contribution in [2.24, 2.45) is 0 Å². The van der Waals surface area contributed by atoms with E-state index in [-0.39, 0.29) is 21.7 Å². The van der Waals surface area contributed by atoms with Crippen molar-refractivity contribution in [1.82, 2.24) is 0 Å². The molecule has 1 N–H and O–H groups in total. The fourth-order valence-electron chi connectivity index (χ4n) is 1.82. The van der Waals surface area contributed by atoms with Gasteiger partial charge < -0.3 is 5.11 Å². The van der Waals surface area contributed by atoms with E-state index < -0.39 is 5.60 Å². The molecule has 0 atom stereocenters. The van der Waals surface area contributed by atoms with Gasteiger partial charge in [-0.05, 0) is 30.9 Å². The molecule has 0 amide bonds. The molecule has 0 fully saturated rings. The van der Waals surface area contributed by atoms with Crippen LogP contribution in [0.5, 0.6) is 0 Å². The Morgan fingerprint density at radius 1 is 1.07 bits per heavy atom. The van der Waals surface area contributed by atoms with Crippen LogP contribution in [0.1, 0.15) is 19.8 Å². The van der Waals surface area contributed by atoms with Gasteiger partial charge >= 0.3 is 0 Å². The molecule has 0 saturated carbocycles. The fraction of sp³-hybridized carbons (Fsp3) is 0.333. The molecule has 0 saturated heterocycles. The zero-order valence-corrected chi connectivity index (χ0v) is 9.89. The number of hydrogen-bond acceptors (Lipinski definition) is 1. The van der Waals surface area contributed by atoms with Gasteiger partial charge in [-0.3, -0.25) is 0 Å². The van der Waals surface area contributed by atoms with Gasteiger partial charge in [0.15, 0.2) is 0 Å². The van der Waals surface area contributed by atoms with Gasteiger partial charge in [0.05, 0.1) is 0 Å². The van der Waals surface area contributed by atoms with Gasteiger partial charge in [0.25, 0.3) is 0 Å². The second-order valence-electron chi connectivity index (χ2n) is 3.72. The molecule has 0 unspecified atom stereocenters. The van der Waals surface area contributed by atoms with Crippen molar-refractivity contribution in [2.45, 2.75) is 25.4 Å². The second-order valence-corrected chi connectivity index (χ2v) is 3.72. The number of hydrogen-bond donors (Lipinski definition) is 1. The summed E-state index contributed by atoms with van der Waals surface area (Å²) >= 11 is 0. The van der Waals surface area contributed by atoms with Crippen molar-refractivity contribution in [2.75, 3.05) is 0 Å². The third-order valence-electron chi connectivity index (χ3n) is 2.79. The van der Waals surface area contributed by atoms with Gasteiger partial charge in [-0.25, -0.2) is 0 Å². The summed E-state index contributed by atoms with van der Waals surface area (Å²) in [6.07, 6.45) is 14.0. The Hall–Kier alpha value is -0.366. The summed E-state index contributed by atoms with van der Waals surface area (Å²) < 4.78 is 0. The maximum Gasteiger partial charge on any atom is 0.105 e. The minimum Gasteiger partial charge on any atom is -0.381 e. The first-order chi connectivity index (χ1) is 6.21. The first kappa shape index (κ1) is 11.7. The topological polar surface area (TPSA) is 20.2 Å². The molecule has 72 valence electrons. The molecule has 0 bridgehead atoms. The Labute approximate surface area is 99.8 Å². The van der Waals surface area contributed by atoms with E-state index in [0.717, 1.165) is 24.0 Å². The van der Waals surface area contributed by atoms with Crippen molar-refractivity contribution in [3.8, 4) is 0 Å². The molecule has 0 aliphatic heterocycles. The first-order valence-electron chi connectivity index (χ1n) is 4.66. The van der Waals surface area contributed by atoms with Gasteiger partial charge in [0.2, 0.25) is 0 Å². The normalized spacial score (nSPS) is 19.3. The third kappa shape index (κ3) is 2.00. The largest absolute Gasteiger partial charge is 0.381 e. The molecule has 0 aromatic carbocycles. The molecular weight excluding hydrogens is 208 g/mol. The van der Waals surface area contributed by atoms with E-state index in [1.54, 1.807) is 0 Å². The SMILES string of the molecule is CC(O)(C1=CC=CC1)C1=CC=CC1.[Ti]. The van der Waals surface area contributed by atoms with E-state index in [1.165, 1.54) is 0 Å². The molecule has 0 aromatic heterocycles. The van der Waals surface area contributed by atoms with Crippen LogP contribution >= 0.6 is 0 Å². The Morgan fingerprint density at radius 2 is 1.50 bits per heavy atom. The molecule has 2 aliphatic carbocycles. The quantitative estimate of drug-likeness (QED) is 0.711.